The second-order valence-electron chi connectivity index (χ2n) is 11.7. The van der Waals surface area contributed by atoms with Crippen LogP contribution in [0.5, 0.6) is 11.5 Å². The van der Waals surface area contributed by atoms with Gasteiger partial charge in [-0.1, -0.05) is 115 Å². The number of anilines is 6. The molecule has 0 aromatic heterocycles. The number of ether oxygens (including phenoxy) is 1. The molecule has 0 fully saturated rings. The summed E-state index contributed by atoms with van der Waals surface area (Å²) in [7, 11) is 0. The molecule has 7 aromatic carbocycles. The van der Waals surface area contributed by atoms with Gasteiger partial charge in [0.15, 0.2) is 0 Å². The Morgan fingerprint density at radius 3 is 2.11 bits per heavy atom. The summed E-state index contributed by atoms with van der Waals surface area (Å²) in [4.78, 5) is 7.37. The average Bonchev–Trinajstić information content (AvgIpc) is 3.10. The lowest BCUT2D eigenvalue weighted by molar-refractivity contribution is 0.487. The molecule has 0 bridgehead atoms. The van der Waals surface area contributed by atoms with Crippen molar-refractivity contribution in [2.75, 3.05) is 9.80 Å². The Morgan fingerprint density at radius 1 is 0.511 bits per heavy atom. The Labute approximate surface area is 266 Å². The van der Waals surface area contributed by atoms with Crippen molar-refractivity contribution in [1.29, 1.82) is 0 Å². The lowest BCUT2D eigenvalue weighted by atomic mass is 9.34. The van der Waals surface area contributed by atoms with Gasteiger partial charge in [0, 0.05) is 27.7 Å². The van der Waals surface area contributed by atoms with E-state index >= 15 is 0 Å². The van der Waals surface area contributed by atoms with E-state index in [1.807, 2.05) is 11.8 Å². The largest absolute Gasteiger partial charge is 0.458 e. The van der Waals surface area contributed by atoms with E-state index in [9.17, 15) is 0 Å². The number of nitrogens with zero attached hydrogens (tertiary/aromatic N) is 2. The molecule has 0 atom stereocenters. The predicted octanol–water partition coefficient (Wildman–Crippen LogP) is 9.18. The van der Waals surface area contributed by atoms with Gasteiger partial charge in [-0.05, 0) is 64.2 Å². The molecule has 3 nitrogen and oxygen atoms in total. The number of benzene rings is 7. The van der Waals surface area contributed by atoms with Crippen LogP contribution < -0.4 is 30.9 Å². The molecule has 0 spiro atoms. The Bertz CT molecular complexity index is 2320. The van der Waals surface area contributed by atoms with Crippen LogP contribution in [-0.4, -0.2) is 6.71 Å². The van der Waals surface area contributed by atoms with Gasteiger partial charge in [0.2, 0.25) is 0 Å². The highest BCUT2D eigenvalue weighted by Crippen LogP contribution is 2.58. The zero-order valence-corrected chi connectivity index (χ0v) is 25.0. The van der Waals surface area contributed by atoms with Gasteiger partial charge < -0.3 is 14.5 Å². The van der Waals surface area contributed by atoms with Crippen LogP contribution in [0.25, 0.3) is 10.8 Å². The Morgan fingerprint density at radius 2 is 1.20 bits per heavy atom. The molecule has 3 aliphatic rings. The smallest absolute Gasteiger partial charge is 0.256 e. The minimum Gasteiger partial charge on any atom is -0.458 e. The van der Waals surface area contributed by atoms with E-state index in [0.717, 1.165) is 28.6 Å². The SMILES string of the molecule is c1ccc(N2c3ccccc3B3c4ccccc4Oc4cc5c(c2c43)Sc2ccccc2N5c2cccc3ccccc23)cc1. The second kappa shape index (κ2) is 9.56. The first-order valence-electron chi connectivity index (χ1n) is 15.3. The van der Waals surface area contributed by atoms with Gasteiger partial charge in [0.1, 0.15) is 11.5 Å². The fraction of sp³-hybridized carbons (Fsp3) is 0. The molecule has 0 unspecified atom stereocenters. The van der Waals surface area contributed by atoms with Gasteiger partial charge in [0.05, 0.1) is 27.6 Å². The number of hydrogen-bond donors (Lipinski definition) is 0. The third-order valence-corrected chi connectivity index (χ3v) is 10.4. The average molecular weight is 593 g/mol. The second-order valence-corrected chi connectivity index (χ2v) is 12.7. The van der Waals surface area contributed by atoms with Crippen molar-refractivity contribution in [2.45, 2.75) is 9.79 Å². The van der Waals surface area contributed by atoms with E-state index in [0.29, 0.717) is 0 Å². The first-order valence-corrected chi connectivity index (χ1v) is 16.1. The predicted molar refractivity (Wildman–Crippen MR) is 189 cm³/mol. The molecule has 0 N–H and O–H groups in total. The van der Waals surface area contributed by atoms with E-state index in [4.69, 9.17) is 4.74 Å². The summed E-state index contributed by atoms with van der Waals surface area (Å²) >= 11 is 1.86. The summed E-state index contributed by atoms with van der Waals surface area (Å²) in [5.74, 6) is 1.83. The minimum atomic E-state index is 0.0604. The number of hydrogen-bond acceptors (Lipinski definition) is 4. The van der Waals surface area contributed by atoms with Gasteiger partial charge in [-0.15, -0.1) is 0 Å². The molecular weight excluding hydrogens is 567 g/mol. The molecule has 10 rings (SSSR count). The fourth-order valence-electron chi connectivity index (χ4n) is 7.42. The van der Waals surface area contributed by atoms with Gasteiger partial charge in [0.25, 0.3) is 6.71 Å². The van der Waals surface area contributed by atoms with Gasteiger partial charge in [-0.3, -0.25) is 0 Å². The quantitative estimate of drug-likeness (QED) is 0.186. The molecule has 0 amide bonds. The van der Waals surface area contributed by atoms with E-state index in [1.165, 1.54) is 54.0 Å². The third-order valence-electron chi connectivity index (χ3n) is 9.27. The first-order chi connectivity index (χ1) is 22.3. The lowest BCUT2D eigenvalue weighted by Crippen LogP contribution is -2.59. The normalized spacial score (nSPS) is 13.7. The Balaban J connectivity index is 1.34. The maximum Gasteiger partial charge on any atom is 0.256 e. The molecule has 0 saturated carbocycles. The van der Waals surface area contributed by atoms with Gasteiger partial charge in [-0.25, -0.2) is 0 Å². The van der Waals surface area contributed by atoms with Crippen molar-refractivity contribution in [3.63, 3.8) is 0 Å². The molecule has 45 heavy (non-hydrogen) atoms. The van der Waals surface area contributed by atoms with Gasteiger partial charge in [-0.2, -0.15) is 0 Å². The van der Waals surface area contributed by atoms with E-state index < -0.39 is 0 Å². The van der Waals surface area contributed by atoms with Crippen LogP contribution in [0, 0.1) is 0 Å². The van der Waals surface area contributed by atoms with Crippen LogP contribution >= 0.6 is 11.8 Å². The summed E-state index contributed by atoms with van der Waals surface area (Å²) in [5.41, 5.74) is 10.7. The molecule has 3 aliphatic heterocycles. The van der Waals surface area contributed by atoms with Crippen LogP contribution in [0.3, 0.4) is 0 Å². The molecule has 3 heterocycles. The van der Waals surface area contributed by atoms with Crippen molar-refractivity contribution in [3.05, 3.63) is 152 Å². The standard InChI is InChI=1S/C40H25BN2OS/c1-2-15-27(16-3-1)42-32-20-8-6-18-29(32)41-30-19-7-10-23-35(30)44-36-25-34-40(39(42)38(36)41)45-37-24-11-9-21-33(37)43(34)31-22-12-14-26-13-4-5-17-28(26)31/h1-25H. The first kappa shape index (κ1) is 25.0. The summed E-state index contributed by atoms with van der Waals surface area (Å²) in [6.07, 6.45) is 0. The zero-order chi connectivity index (χ0) is 29.5. The minimum absolute atomic E-state index is 0.0604. The van der Waals surface area contributed by atoms with Crippen molar-refractivity contribution in [1.82, 2.24) is 0 Å². The highest BCUT2D eigenvalue weighted by Gasteiger charge is 2.45. The summed E-state index contributed by atoms with van der Waals surface area (Å²) in [6, 6.07) is 54.5. The van der Waals surface area contributed by atoms with E-state index in [-0.39, 0.29) is 6.71 Å². The third kappa shape index (κ3) is 3.56. The Hall–Kier alpha value is -5.39. The molecule has 0 radical (unpaired) electrons. The number of fused-ring (bicyclic) bond motifs is 8. The lowest BCUT2D eigenvalue weighted by Gasteiger charge is -2.44. The van der Waals surface area contributed by atoms with Crippen molar-refractivity contribution in [3.8, 4) is 11.5 Å². The molecular formula is C40H25BN2OS. The van der Waals surface area contributed by atoms with Crippen molar-refractivity contribution in [2.24, 2.45) is 0 Å². The topological polar surface area (TPSA) is 15.7 Å². The van der Waals surface area contributed by atoms with E-state index in [1.54, 1.807) is 0 Å². The summed E-state index contributed by atoms with van der Waals surface area (Å²) in [6.45, 7) is 0.0604. The summed E-state index contributed by atoms with van der Waals surface area (Å²) in [5, 5.41) is 2.44. The van der Waals surface area contributed by atoms with Crippen LogP contribution in [0.4, 0.5) is 34.1 Å². The highest BCUT2D eigenvalue weighted by molar-refractivity contribution is 8.00. The molecule has 5 heteroatoms. The summed E-state index contributed by atoms with van der Waals surface area (Å²) < 4.78 is 6.89. The number of rotatable bonds is 2. The van der Waals surface area contributed by atoms with Crippen LogP contribution in [-0.2, 0) is 0 Å². The zero-order valence-electron chi connectivity index (χ0n) is 24.2. The number of para-hydroxylation sites is 4. The highest BCUT2D eigenvalue weighted by atomic mass is 32.2. The molecule has 210 valence electrons. The van der Waals surface area contributed by atoms with Crippen LogP contribution in [0.1, 0.15) is 0 Å². The van der Waals surface area contributed by atoms with Crippen molar-refractivity contribution < 1.29 is 4.74 Å². The Kier molecular flexibility index (Phi) is 5.31. The maximum absolute atomic E-state index is 6.89. The monoisotopic (exact) mass is 592 g/mol. The molecule has 0 aliphatic carbocycles. The fourth-order valence-corrected chi connectivity index (χ4v) is 8.60. The van der Waals surface area contributed by atoms with Crippen molar-refractivity contribution >= 4 is 79.8 Å². The van der Waals surface area contributed by atoms with Crippen LogP contribution in [0.15, 0.2) is 161 Å². The van der Waals surface area contributed by atoms with E-state index in [2.05, 4.69) is 161 Å². The van der Waals surface area contributed by atoms with Crippen LogP contribution in [0.2, 0.25) is 0 Å². The molecule has 0 saturated heterocycles. The maximum atomic E-state index is 6.89. The van der Waals surface area contributed by atoms with Gasteiger partial charge >= 0.3 is 0 Å². The molecule has 7 aromatic rings.